The molecule has 0 spiro atoms. The molecule has 2 rings (SSSR count). The Hall–Kier alpha value is -0.120. The Bertz CT molecular complexity index is 208. The van der Waals surface area contributed by atoms with Crippen LogP contribution in [0.25, 0.3) is 0 Å². The zero-order valence-electron chi connectivity index (χ0n) is 10.9. The second kappa shape index (κ2) is 6.72. The molecular weight excluding hydrogens is 214 g/mol. The largest absolute Gasteiger partial charge is 0.396 e. The van der Waals surface area contributed by atoms with E-state index in [0.717, 1.165) is 26.1 Å². The summed E-state index contributed by atoms with van der Waals surface area (Å²) in [5, 5.41) is 13.1. The van der Waals surface area contributed by atoms with Gasteiger partial charge in [0.15, 0.2) is 0 Å². The highest BCUT2D eigenvalue weighted by molar-refractivity contribution is 4.84. The quantitative estimate of drug-likeness (QED) is 0.700. The number of rotatable bonds is 6. The maximum Gasteiger partial charge on any atom is 0.0588 e. The van der Waals surface area contributed by atoms with E-state index < -0.39 is 0 Å². The molecule has 1 atom stereocenters. The Morgan fingerprint density at radius 3 is 2.65 bits per heavy atom. The van der Waals surface area contributed by atoms with Gasteiger partial charge < -0.3 is 15.2 Å². The standard InChI is InChI=1S/C14H27NO2/c16-12-14(7-2-1-3-8-14)11-15-9-6-13-5-4-10-17-13/h13,15-16H,1-12H2. The van der Waals surface area contributed by atoms with Crippen molar-refractivity contribution in [1.82, 2.24) is 5.32 Å². The van der Waals surface area contributed by atoms with Crippen molar-refractivity contribution in [1.29, 1.82) is 0 Å². The molecule has 2 N–H and O–H groups in total. The van der Waals surface area contributed by atoms with Gasteiger partial charge in [0, 0.05) is 25.2 Å². The third-order valence-electron chi connectivity index (χ3n) is 4.42. The van der Waals surface area contributed by atoms with Crippen LogP contribution in [0.2, 0.25) is 0 Å². The van der Waals surface area contributed by atoms with E-state index in [1.54, 1.807) is 0 Å². The molecule has 1 saturated carbocycles. The first-order valence-electron chi connectivity index (χ1n) is 7.28. The van der Waals surface area contributed by atoms with Crippen LogP contribution in [0.15, 0.2) is 0 Å². The van der Waals surface area contributed by atoms with E-state index >= 15 is 0 Å². The van der Waals surface area contributed by atoms with E-state index in [4.69, 9.17) is 4.74 Å². The van der Waals surface area contributed by atoms with Crippen molar-refractivity contribution in [3.63, 3.8) is 0 Å². The SMILES string of the molecule is OCC1(CNCCC2CCCO2)CCCCC1. The van der Waals surface area contributed by atoms with Gasteiger partial charge in [-0.3, -0.25) is 0 Å². The molecule has 1 heterocycles. The molecule has 1 aliphatic heterocycles. The summed E-state index contributed by atoms with van der Waals surface area (Å²) in [6.07, 6.45) is 10.4. The fourth-order valence-electron chi connectivity index (χ4n) is 3.18. The second-order valence-corrected chi connectivity index (χ2v) is 5.82. The van der Waals surface area contributed by atoms with Gasteiger partial charge in [0.25, 0.3) is 0 Å². The molecule has 0 bridgehead atoms. The van der Waals surface area contributed by atoms with Crippen LogP contribution in [-0.4, -0.2) is 37.5 Å². The maximum absolute atomic E-state index is 9.59. The van der Waals surface area contributed by atoms with Crippen molar-refractivity contribution in [2.24, 2.45) is 5.41 Å². The third kappa shape index (κ3) is 3.94. The molecule has 1 saturated heterocycles. The molecular formula is C14H27NO2. The van der Waals surface area contributed by atoms with Gasteiger partial charge >= 0.3 is 0 Å². The first-order chi connectivity index (χ1) is 8.35. The fraction of sp³-hybridized carbons (Fsp3) is 1.00. The zero-order valence-corrected chi connectivity index (χ0v) is 10.9. The van der Waals surface area contributed by atoms with E-state index in [1.807, 2.05) is 0 Å². The van der Waals surface area contributed by atoms with Crippen molar-refractivity contribution >= 4 is 0 Å². The summed E-state index contributed by atoms with van der Waals surface area (Å²) in [6, 6.07) is 0. The fourth-order valence-corrected chi connectivity index (χ4v) is 3.18. The van der Waals surface area contributed by atoms with Gasteiger partial charge in [-0.2, -0.15) is 0 Å². The lowest BCUT2D eigenvalue weighted by Gasteiger charge is -2.36. The molecule has 17 heavy (non-hydrogen) atoms. The Labute approximate surface area is 105 Å². The number of nitrogens with one attached hydrogen (secondary N) is 1. The van der Waals surface area contributed by atoms with Gasteiger partial charge in [-0.15, -0.1) is 0 Å². The summed E-state index contributed by atoms with van der Waals surface area (Å²) in [7, 11) is 0. The molecule has 1 aliphatic carbocycles. The van der Waals surface area contributed by atoms with Gasteiger partial charge in [0.2, 0.25) is 0 Å². The molecule has 2 aliphatic rings. The molecule has 3 heteroatoms. The molecule has 0 aromatic rings. The van der Waals surface area contributed by atoms with Crippen molar-refractivity contribution in [2.45, 2.75) is 57.5 Å². The smallest absolute Gasteiger partial charge is 0.0588 e. The monoisotopic (exact) mass is 241 g/mol. The van der Waals surface area contributed by atoms with E-state index in [2.05, 4.69) is 5.32 Å². The van der Waals surface area contributed by atoms with Gasteiger partial charge in [0.05, 0.1) is 6.10 Å². The summed E-state index contributed by atoms with van der Waals surface area (Å²) >= 11 is 0. The van der Waals surface area contributed by atoms with E-state index in [-0.39, 0.29) is 5.41 Å². The molecule has 0 aromatic heterocycles. The van der Waals surface area contributed by atoms with Crippen LogP contribution in [0.5, 0.6) is 0 Å². The minimum Gasteiger partial charge on any atom is -0.396 e. The lowest BCUT2D eigenvalue weighted by molar-refractivity contribution is 0.0767. The Balaban J connectivity index is 1.61. The van der Waals surface area contributed by atoms with E-state index in [1.165, 1.54) is 44.9 Å². The van der Waals surface area contributed by atoms with Crippen molar-refractivity contribution in [3.05, 3.63) is 0 Å². The first-order valence-corrected chi connectivity index (χ1v) is 7.28. The highest BCUT2D eigenvalue weighted by Crippen LogP contribution is 2.35. The van der Waals surface area contributed by atoms with Crippen molar-refractivity contribution < 1.29 is 9.84 Å². The van der Waals surface area contributed by atoms with Crippen molar-refractivity contribution in [2.75, 3.05) is 26.3 Å². The molecule has 0 aromatic carbocycles. The minimum absolute atomic E-state index is 0.175. The number of aliphatic hydroxyl groups is 1. The molecule has 1 unspecified atom stereocenters. The van der Waals surface area contributed by atoms with Crippen LogP contribution in [-0.2, 0) is 4.74 Å². The number of hydrogen-bond acceptors (Lipinski definition) is 3. The third-order valence-corrected chi connectivity index (χ3v) is 4.42. The highest BCUT2D eigenvalue weighted by Gasteiger charge is 2.30. The predicted octanol–water partition coefficient (Wildman–Crippen LogP) is 2.09. The van der Waals surface area contributed by atoms with E-state index in [9.17, 15) is 5.11 Å². The lowest BCUT2D eigenvalue weighted by atomic mass is 9.74. The molecule has 3 nitrogen and oxygen atoms in total. The van der Waals surface area contributed by atoms with Gasteiger partial charge in [-0.25, -0.2) is 0 Å². The van der Waals surface area contributed by atoms with Crippen LogP contribution in [0.4, 0.5) is 0 Å². The normalized spacial score (nSPS) is 28.4. The van der Waals surface area contributed by atoms with Gasteiger partial charge in [-0.1, -0.05) is 19.3 Å². The minimum atomic E-state index is 0.175. The summed E-state index contributed by atoms with van der Waals surface area (Å²) < 4.78 is 5.61. The Kier molecular flexibility index (Phi) is 5.26. The second-order valence-electron chi connectivity index (χ2n) is 5.82. The molecule has 2 fully saturated rings. The summed E-state index contributed by atoms with van der Waals surface area (Å²) in [5.74, 6) is 0. The van der Waals surface area contributed by atoms with Crippen LogP contribution >= 0.6 is 0 Å². The van der Waals surface area contributed by atoms with Crippen LogP contribution in [0.1, 0.15) is 51.4 Å². The maximum atomic E-state index is 9.59. The molecule has 0 radical (unpaired) electrons. The van der Waals surface area contributed by atoms with E-state index in [0.29, 0.717) is 12.7 Å². The highest BCUT2D eigenvalue weighted by atomic mass is 16.5. The average Bonchev–Trinajstić information content (AvgIpc) is 2.89. The van der Waals surface area contributed by atoms with Crippen LogP contribution in [0.3, 0.4) is 0 Å². The average molecular weight is 241 g/mol. The van der Waals surface area contributed by atoms with Crippen LogP contribution < -0.4 is 5.32 Å². The topological polar surface area (TPSA) is 41.5 Å². The zero-order chi connectivity index (χ0) is 12.0. The summed E-state index contributed by atoms with van der Waals surface area (Å²) in [5.41, 5.74) is 0.175. The molecule has 0 amide bonds. The van der Waals surface area contributed by atoms with Crippen molar-refractivity contribution in [3.8, 4) is 0 Å². The van der Waals surface area contributed by atoms with Gasteiger partial charge in [0.1, 0.15) is 0 Å². The summed E-state index contributed by atoms with van der Waals surface area (Å²) in [4.78, 5) is 0. The molecule has 100 valence electrons. The number of hydrogen-bond donors (Lipinski definition) is 2. The lowest BCUT2D eigenvalue weighted by Crippen LogP contribution is -2.39. The van der Waals surface area contributed by atoms with Gasteiger partial charge in [-0.05, 0) is 38.6 Å². The Morgan fingerprint density at radius 1 is 1.18 bits per heavy atom. The summed E-state index contributed by atoms with van der Waals surface area (Å²) in [6.45, 7) is 3.31. The number of ether oxygens (including phenoxy) is 1. The van der Waals surface area contributed by atoms with Crippen LogP contribution in [0, 0.1) is 5.41 Å². The Morgan fingerprint density at radius 2 is 2.00 bits per heavy atom. The predicted molar refractivity (Wildman–Crippen MR) is 69.1 cm³/mol. The first kappa shape index (κ1) is 13.3. The number of aliphatic hydroxyl groups excluding tert-OH is 1.